The third-order valence-electron chi connectivity index (χ3n) is 4.91. The Balaban J connectivity index is 3.11. The third kappa shape index (κ3) is 21.4. The lowest BCUT2D eigenvalue weighted by atomic mass is 10.0. The highest BCUT2D eigenvalue weighted by atomic mass is 16.2. The highest BCUT2D eigenvalue weighted by Crippen LogP contribution is 2.12. The molecule has 0 fully saturated rings. The van der Waals surface area contributed by atoms with Crippen LogP contribution in [0.4, 0.5) is 0 Å². The topological polar surface area (TPSA) is 49.3 Å². The number of hydrogen-bond acceptors (Lipinski definition) is 2. The van der Waals surface area contributed by atoms with Crippen LogP contribution in [0.5, 0.6) is 0 Å². The van der Waals surface area contributed by atoms with Crippen molar-refractivity contribution in [2.45, 2.75) is 122 Å². The summed E-state index contributed by atoms with van der Waals surface area (Å²) in [6.07, 6.45) is 22.2. The number of amides is 1. The van der Waals surface area contributed by atoms with E-state index in [2.05, 4.69) is 12.2 Å². The van der Waals surface area contributed by atoms with Crippen molar-refractivity contribution >= 4 is 5.91 Å². The Labute approximate surface area is 157 Å². The van der Waals surface area contributed by atoms with E-state index in [0.717, 1.165) is 38.6 Å². The molecule has 0 spiro atoms. The maximum atomic E-state index is 11.7. The van der Waals surface area contributed by atoms with Gasteiger partial charge in [0.15, 0.2) is 0 Å². The van der Waals surface area contributed by atoms with Crippen molar-refractivity contribution in [3.05, 3.63) is 0 Å². The van der Waals surface area contributed by atoms with Crippen LogP contribution in [-0.2, 0) is 4.79 Å². The van der Waals surface area contributed by atoms with Crippen molar-refractivity contribution in [1.29, 1.82) is 0 Å². The van der Waals surface area contributed by atoms with Gasteiger partial charge in [-0.15, -0.1) is 0 Å². The lowest BCUT2D eigenvalue weighted by molar-refractivity contribution is -0.121. The molecule has 0 aliphatic rings. The minimum atomic E-state index is 0.213. The van der Waals surface area contributed by atoms with Gasteiger partial charge >= 0.3 is 0 Å². The second-order valence-corrected chi connectivity index (χ2v) is 7.48. The Kier molecular flexibility index (Phi) is 21.0. The number of carbonyl (C=O) groups excluding carboxylic acids is 1. The van der Waals surface area contributed by atoms with Crippen molar-refractivity contribution in [3.8, 4) is 0 Å². The normalized spacial score (nSPS) is 11.0. The molecule has 0 aromatic rings. The maximum absolute atomic E-state index is 11.7. The van der Waals surface area contributed by atoms with Crippen LogP contribution in [0.15, 0.2) is 0 Å². The molecule has 0 saturated heterocycles. The molecule has 150 valence electrons. The van der Waals surface area contributed by atoms with Gasteiger partial charge in [-0.3, -0.25) is 4.79 Å². The summed E-state index contributed by atoms with van der Waals surface area (Å²) in [5, 5.41) is 11.7. The summed E-state index contributed by atoms with van der Waals surface area (Å²) in [5.74, 6) is 0.213. The van der Waals surface area contributed by atoms with Gasteiger partial charge in [0, 0.05) is 19.6 Å². The predicted octanol–water partition coefficient (Wildman–Crippen LogP) is 6.14. The number of nitrogens with one attached hydrogen (secondary N) is 1. The van der Waals surface area contributed by atoms with Gasteiger partial charge in [-0.25, -0.2) is 0 Å². The van der Waals surface area contributed by atoms with E-state index in [1.165, 1.54) is 77.0 Å². The lowest BCUT2D eigenvalue weighted by Gasteiger charge is -2.05. The molecule has 25 heavy (non-hydrogen) atoms. The van der Waals surface area contributed by atoms with Crippen LogP contribution >= 0.6 is 0 Å². The van der Waals surface area contributed by atoms with Gasteiger partial charge in [-0.1, -0.05) is 96.8 Å². The molecular formula is C22H45NO2. The molecule has 0 unspecified atom stereocenters. The van der Waals surface area contributed by atoms with Gasteiger partial charge < -0.3 is 10.4 Å². The molecular weight excluding hydrogens is 310 g/mol. The molecule has 0 aliphatic heterocycles. The first-order valence-corrected chi connectivity index (χ1v) is 11.2. The Bertz CT molecular complexity index is 269. The Morgan fingerprint density at radius 2 is 1.08 bits per heavy atom. The number of aliphatic hydroxyl groups excluding tert-OH is 1. The first-order chi connectivity index (χ1) is 12.3. The largest absolute Gasteiger partial charge is 0.396 e. The Morgan fingerprint density at radius 1 is 0.640 bits per heavy atom. The molecule has 3 heteroatoms. The van der Waals surface area contributed by atoms with E-state index in [-0.39, 0.29) is 12.5 Å². The second-order valence-electron chi connectivity index (χ2n) is 7.48. The standard InChI is InChI=1S/C22H45NO2/c1-2-3-4-5-6-7-8-9-10-11-12-13-16-19-22(25)23-20-17-14-15-18-21-24/h24H,2-21H2,1H3,(H,23,25). The van der Waals surface area contributed by atoms with Crippen molar-refractivity contribution in [2.75, 3.05) is 13.2 Å². The van der Waals surface area contributed by atoms with E-state index in [1.807, 2.05) is 0 Å². The van der Waals surface area contributed by atoms with Crippen LogP contribution in [0.3, 0.4) is 0 Å². The summed E-state index contributed by atoms with van der Waals surface area (Å²) < 4.78 is 0. The molecule has 3 nitrogen and oxygen atoms in total. The summed E-state index contributed by atoms with van der Waals surface area (Å²) in [6, 6.07) is 0. The quantitative estimate of drug-likeness (QED) is 0.258. The Morgan fingerprint density at radius 3 is 1.60 bits per heavy atom. The molecule has 0 radical (unpaired) electrons. The molecule has 0 heterocycles. The molecule has 0 aromatic carbocycles. The molecule has 2 N–H and O–H groups in total. The van der Waals surface area contributed by atoms with Crippen molar-refractivity contribution in [1.82, 2.24) is 5.32 Å². The van der Waals surface area contributed by atoms with Gasteiger partial charge in [-0.05, 0) is 19.3 Å². The fraction of sp³-hybridized carbons (Fsp3) is 0.955. The van der Waals surface area contributed by atoms with E-state index in [9.17, 15) is 4.79 Å². The van der Waals surface area contributed by atoms with Crippen LogP contribution in [0.2, 0.25) is 0 Å². The summed E-state index contributed by atoms with van der Waals surface area (Å²) in [6.45, 7) is 3.35. The molecule has 0 aromatic heterocycles. The lowest BCUT2D eigenvalue weighted by Crippen LogP contribution is -2.23. The fourth-order valence-electron chi connectivity index (χ4n) is 3.21. The first kappa shape index (κ1) is 24.4. The SMILES string of the molecule is CCCCCCCCCCCCCCCC(=O)NCCCCCCO. The van der Waals surface area contributed by atoms with Crippen LogP contribution < -0.4 is 5.32 Å². The number of carbonyl (C=O) groups is 1. The van der Waals surface area contributed by atoms with Gasteiger partial charge in [-0.2, -0.15) is 0 Å². The van der Waals surface area contributed by atoms with Gasteiger partial charge in [0.05, 0.1) is 0 Å². The third-order valence-corrected chi connectivity index (χ3v) is 4.91. The van der Waals surface area contributed by atoms with Gasteiger partial charge in [0.1, 0.15) is 0 Å². The van der Waals surface area contributed by atoms with Crippen LogP contribution in [0, 0.1) is 0 Å². The second kappa shape index (κ2) is 21.5. The fourth-order valence-corrected chi connectivity index (χ4v) is 3.21. The predicted molar refractivity (Wildman–Crippen MR) is 109 cm³/mol. The van der Waals surface area contributed by atoms with Gasteiger partial charge in [0.25, 0.3) is 0 Å². The zero-order valence-electron chi connectivity index (χ0n) is 17.0. The number of rotatable bonds is 20. The summed E-state index contributed by atoms with van der Waals surface area (Å²) >= 11 is 0. The minimum absolute atomic E-state index is 0.213. The van der Waals surface area contributed by atoms with Crippen LogP contribution in [0.1, 0.15) is 122 Å². The van der Waals surface area contributed by atoms with E-state index in [1.54, 1.807) is 0 Å². The van der Waals surface area contributed by atoms with Crippen LogP contribution in [0.25, 0.3) is 0 Å². The first-order valence-electron chi connectivity index (χ1n) is 11.2. The maximum Gasteiger partial charge on any atom is 0.219 e. The molecule has 0 saturated carbocycles. The Hall–Kier alpha value is -0.570. The average Bonchev–Trinajstić information content (AvgIpc) is 2.62. The minimum Gasteiger partial charge on any atom is -0.396 e. The van der Waals surface area contributed by atoms with Crippen molar-refractivity contribution < 1.29 is 9.90 Å². The number of aliphatic hydroxyl groups is 1. The molecule has 0 bridgehead atoms. The van der Waals surface area contributed by atoms with Crippen molar-refractivity contribution in [2.24, 2.45) is 0 Å². The van der Waals surface area contributed by atoms with E-state index < -0.39 is 0 Å². The molecule has 0 aliphatic carbocycles. The highest BCUT2D eigenvalue weighted by molar-refractivity contribution is 5.75. The van der Waals surface area contributed by atoms with Crippen molar-refractivity contribution in [3.63, 3.8) is 0 Å². The molecule has 0 atom stereocenters. The zero-order valence-corrected chi connectivity index (χ0v) is 17.0. The average molecular weight is 356 g/mol. The summed E-state index contributed by atoms with van der Waals surface area (Å²) in [5.41, 5.74) is 0. The highest BCUT2D eigenvalue weighted by Gasteiger charge is 2.00. The number of unbranched alkanes of at least 4 members (excludes halogenated alkanes) is 15. The summed E-state index contributed by atoms with van der Waals surface area (Å²) in [7, 11) is 0. The smallest absolute Gasteiger partial charge is 0.219 e. The number of hydrogen-bond donors (Lipinski definition) is 2. The van der Waals surface area contributed by atoms with Crippen LogP contribution in [-0.4, -0.2) is 24.2 Å². The van der Waals surface area contributed by atoms with E-state index in [4.69, 9.17) is 5.11 Å². The monoisotopic (exact) mass is 355 g/mol. The van der Waals surface area contributed by atoms with E-state index >= 15 is 0 Å². The molecule has 1 amide bonds. The molecule has 0 rings (SSSR count). The zero-order chi connectivity index (χ0) is 18.4. The van der Waals surface area contributed by atoms with E-state index in [0.29, 0.717) is 6.42 Å². The summed E-state index contributed by atoms with van der Waals surface area (Å²) in [4.78, 5) is 11.7. The van der Waals surface area contributed by atoms with Gasteiger partial charge in [0.2, 0.25) is 5.91 Å².